The summed E-state index contributed by atoms with van der Waals surface area (Å²) in [6.07, 6.45) is 2.07. The van der Waals surface area contributed by atoms with E-state index in [0.29, 0.717) is 25.3 Å². The first-order valence-corrected chi connectivity index (χ1v) is 6.50. The topological polar surface area (TPSA) is 80.0 Å². The van der Waals surface area contributed by atoms with Gasteiger partial charge < -0.3 is 16.4 Å². The molecule has 2 aromatic rings. The van der Waals surface area contributed by atoms with Crippen LogP contribution in [0.3, 0.4) is 0 Å². The van der Waals surface area contributed by atoms with Crippen LogP contribution in [0.1, 0.15) is 5.56 Å². The van der Waals surface area contributed by atoms with Crippen molar-refractivity contribution < 1.29 is 4.79 Å². The fourth-order valence-corrected chi connectivity index (χ4v) is 1.76. The van der Waals surface area contributed by atoms with E-state index in [-0.39, 0.29) is 5.91 Å². The average Bonchev–Trinajstić information content (AvgIpc) is 2.46. The number of hydrogen-bond acceptors (Lipinski definition) is 4. The van der Waals surface area contributed by atoms with Crippen molar-refractivity contribution in [3.8, 4) is 0 Å². The molecule has 1 amide bonds. The summed E-state index contributed by atoms with van der Waals surface area (Å²) in [5, 5.41) is 6.02. The Bertz CT molecular complexity index is 540. The molecule has 0 aliphatic rings. The lowest BCUT2D eigenvalue weighted by atomic mass is 10.1. The van der Waals surface area contributed by atoms with Gasteiger partial charge in [0.15, 0.2) is 0 Å². The number of aromatic nitrogens is 1. The number of amides is 1. The standard InChI is InChI=1S/C15H18N4O/c16-14-7-6-13(11-19-14)17-8-9-18-15(20)10-12-4-2-1-3-5-12/h1-7,11,17H,8-10H2,(H2,16,19)(H,18,20). The molecule has 0 saturated carbocycles. The first kappa shape index (κ1) is 13.9. The lowest BCUT2D eigenvalue weighted by Gasteiger charge is -2.08. The molecule has 0 unspecified atom stereocenters. The number of benzene rings is 1. The van der Waals surface area contributed by atoms with Gasteiger partial charge in [-0.15, -0.1) is 0 Å². The van der Waals surface area contributed by atoms with E-state index in [0.717, 1.165) is 11.3 Å². The number of nitrogens with two attached hydrogens (primary N) is 1. The van der Waals surface area contributed by atoms with E-state index >= 15 is 0 Å². The number of nitrogens with zero attached hydrogens (tertiary/aromatic N) is 1. The number of carbonyl (C=O) groups is 1. The molecule has 0 aliphatic heterocycles. The Kier molecular flexibility index (Phi) is 4.94. The Labute approximate surface area is 118 Å². The van der Waals surface area contributed by atoms with Gasteiger partial charge in [0.05, 0.1) is 18.3 Å². The summed E-state index contributed by atoms with van der Waals surface area (Å²) < 4.78 is 0. The molecule has 0 saturated heterocycles. The van der Waals surface area contributed by atoms with Crippen molar-refractivity contribution in [3.63, 3.8) is 0 Å². The van der Waals surface area contributed by atoms with Crippen molar-refractivity contribution in [2.24, 2.45) is 0 Å². The van der Waals surface area contributed by atoms with Crippen molar-refractivity contribution >= 4 is 17.4 Å². The maximum absolute atomic E-state index is 11.7. The molecule has 5 heteroatoms. The number of anilines is 2. The Morgan fingerprint density at radius 1 is 1.10 bits per heavy atom. The van der Waals surface area contributed by atoms with Crippen LogP contribution < -0.4 is 16.4 Å². The van der Waals surface area contributed by atoms with Crippen LogP contribution in [0, 0.1) is 0 Å². The smallest absolute Gasteiger partial charge is 0.224 e. The van der Waals surface area contributed by atoms with Gasteiger partial charge in [0.2, 0.25) is 5.91 Å². The SMILES string of the molecule is Nc1ccc(NCCNC(=O)Cc2ccccc2)cn1. The molecule has 0 bridgehead atoms. The van der Waals surface area contributed by atoms with Gasteiger partial charge in [-0.2, -0.15) is 0 Å². The second-order valence-corrected chi connectivity index (χ2v) is 4.41. The molecule has 5 nitrogen and oxygen atoms in total. The third kappa shape index (κ3) is 4.61. The summed E-state index contributed by atoms with van der Waals surface area (Å²) in [6.45, 7) is 1.21. The second kappa shape index (κ2) is 7.13. The molecule has 20 heavy (non-hydrogen) atoms. The van der Waals surface area contributed by atoms with Crippen molar-refractivity contribution in [2.75, 3.05) is 24.1 Å². The normalized spacial score (nSPS) is 10.0. The van der Waals surface area contributed by atoms with Crippen LogP contribution in [0.5, 0.6) is 0 Å². The maximum Gasteiger partial charge on any atom is 0.224 e. The summed E-state index contributed by atoms with van der Waals surface area (Å²) in [7, 11) is 0. The largest absolute Gasteiger partial charge is 0.384 e. The average molecular weight is 270 g/mol. The molecule has 0 fully saturated rings. The molecular weight excluding hydrogens is 252 g/mol. The number of nitrogen functional groups attached to an aromatic ring is 1. The summed E-state index contributed by atoms with van der Waals surface area (Å²) in [4.78, 5) is 15.7. The van der Waals surface area contributed by atoms with E-state index in [9.17, 15) is 4.79 Å². The molecule has 0 spiro atoms. The molecule has 0 atom stereocenters. The monoisotopic (exact) mass is 270 g/mol. The highest BCUT2D eigenvalue weighted by molar-refractivity contribution is 5.78. The number of nitrogens with one attached hydrogen (secondary N) is 2. The number of hydrogen-bond donors (Lipinski definition) is 3. The Morgan fingerprint density at radius 2 is 1.90 bits per heavy atom. The van der Waals surface area contributed by atoms with Gasteiger partial charge in [-0.05, 0) is 17.7 Å². The maximum atomic E-state index is 11.7. The molecule has 1 heterocycles. The van der Waals surface area contributed by atoms with E-state index in [1.807, 2.05) is 36.4 Å². The number of rotatable bonds is 6. The fraction of sp³-hybridized carbons (Fsp3) is 0.200. The van der Waals surface area contributed by atoms with Crippen LogP contribution in [-0.2, 0) is 11.2 Å². The molecule has 1 aromatic carbocycles. The van der Waals surface area contributed by atoms with Gasteiger partial charge in [-0.25, -0.2) is 4.98 Å². The third-order valence-corrected chi connectivity index (χ3v) is 2.77. The van der Waals surface area contributed by atoms with E-state index < -0.39 is 0 Å². The summed E-state index contributed by atoms with van der Waals surface area (Å²) in [5.74, 6) is 0.514. The minimum Gasteiger partial charge on any atom is -0.384 e. The predicted octanol–water partition coefficient (Wildman–Crippen LogP) is 1.43. The quantitative estimate of drug-likeness (QED) is 0.694. The minimum absolute atomic E-state index is 0.0217. The van der Waals surface area contributed by atoms with Crippen LogP contribution in [0.2, 0.25) is 0 Å². The van der Waals surface area contributed by atoms with Crippen LogP contribution in [0.25, 0.3) is 0 Å². The number of pyridine rings is 1. The summed E-state index contributed by atoms with van der Waals surface area (Å²) in [6, 6.07) is 13.3. The molecule has 0 radical (unpaired) electrons. The van der Waals surface area contributed by atoms with Crippen LogP contribution in [-0.4, -0.2) is 24.0 Å². The predicted molar refractivity (Wildman–Crippen MR) is 80.3 cm³/mol. The van der Waals surface area contributed by atoms with Crippen molar-refractivity contribution in [3.05, 3.63) is 54.2 Å². The van der Waals surface area contributed by atoms with Gasteiger partial charge in [-0.1, -0.05) is 30.3 Å². The minimum atomic E-state index is 0.0217. The molecule has 0 aliphatic carbocycles. The molecule has 2 rings (SSSR count). The van der Waals surface area contributed by atoms with Crippen molar-refractivity contribution in [2.45, 2.75) is 6.42 Å². The fourth-order valence-electron chi connectivity index (χ4n) is 1.76. The molecule has 4 N–H and O–H groups in total. The zero-order valence-corrected chi connectivity index (χ0v) is 11.2. The first-order valence-electron chi connectivity index (χ1n) is 6.50. The summed E-state index contributed by atoms with van der Waals surface area (Å²) in [5.41, 5.74) is 7.40. The van der Waals surface area contributed by atoms with Gasteiger partial charge in [0.25, 0.3) is 0 Å². The second-order valence-electron chi connectivity index (χ2n) is 4.41. The first-order chi connectivity index (χ1) is 9.74. The molecule has 104 valence electrons. The third-order valence-electron chi connectivity index (χ3n) is 2.77. The van der Waals surface area contributed by atoms with Gasteiger partial charge in [-0.3, -0.25) is 4.79 Å². The van der Waals surface area contributed by atoms with Gasteiger partial charge in [0, 0.05) is 13.1 Å². The highest BCUT2D eigenvalue weighted by Gasteiger charge is 2.01. The lowest BCUT2D eigenvalue weighted by Crippen LogP contribution is -2.30. The van der Waals surface area contributed by atoms with Crippen LogP contribution in [0.4, 0.5) is 11.5 Å². The highest BCUT2D eigenvalue weighted by atomic mass is 16.1. The van der Waals surface area contributed by atoms with E-state index in [4.69, 9.17) is 5.73 Å². The van der Waals surface area contributed by atoms with Crippen molar-refractivity contribution in [1.82, 2.24) is 10.3 Å². The molecule has 1 aromatic heterocycles. The summed E-state index contributed by atoms with van der Waals surface area (Å²) >= 11 is 0. The van der Waals surface area contributed by atoms with E-state index in [2.05, 4.69) is 15.6 Å². The molecular formula is C15H18N4O. The number of carbonyl (C=O) groups excluding carboxylic acids is 1. The Balaban J connectivity index is 1.66. The lowest BCUT2D eigenvalue weighted by molar-refractivity contribution is -0.120. The Hall–Kier alpha value is -2.56. The van der Waals surface area contributed by atoms with Crippen LogP contribution >= 0.6 is 0 Å². The van der Waals surface area contributed by atoms with Crippen LogP contribution in [0.15, 0.2) is 48.7 Å². The van der Waals surface area contributed by atoms with Gasteiger partial charge in [0.1, 0.15) is 5.82 Å². The van der Waals surface area contributed by atoms with Crippen molar-refractivity contribution in [1.29, 1.82) is 0 Å². The highest BCUT2D eigenvalue weighted by Crippen LogP contribution is 2.05. The van der Waals surface area contributed by atoms with Gasteiger partial charge >= 0.3 is 0 Å². The van der Waals surface area contributed by atoms with E-state index in [1.165, 1.54) is 0 Å². The zero-order valence-electron chi connectivity index (χ0n) is 11.2. The Morgan fingerprint density at radius 3 is 2.60 bits per heavy atom. The van der Waals surface area contributed by atoms with E-state index in [1.54, 1.807) is 12.3 Å². The zero-order chi connectivity index (χ0) is 14.2.